The Kier molecular flexibility index (Phi) is 17.3. The van der Waals surface area contributed by atoms with E-state index >= 15 is 0 Å². The number of nitrogens with two attached hydrogens (primary N) is 2. The Bertz CT molecular complexity index is 3510. The molecule has 0 bridgehead atoms. The molecule has 1 aliphatic heterocycles. The van der Waals surface area contributed by atoms with E-state index in [1.54, 1.807) is 52.5 Å². The quantitative estimate of drug-likeness (QED) is 0.0334. The fourth-order valence-electron chi connectivity index (χ4n) is 10.7. The zero-order chi connectivity index (χ0) is 56.9. The van der Waals surface area contributed by atoms with Crippen LogP contribution in [0.3, 0.4) is 0 Å². The summed E-state index contributed by atoms with van der Waals surface area (Å²) in [6, 6.07) is 9.99. The van der Waals surface area contributed by atoms with Crippen molar-refractivity contribution < 1.29 is 38.6 Å². The lowest BCUT2D eigenvalue weighted by atomic mass is 9.72. The van der Waals surface area contributed by atoms with Crippen LogP contribution >= 0.6 is 0 Å². The van der Waals surface area contributed by atoms with E-state index in [2.05, 4.69) is 35.4 Å². The molecular weight excluding hydrogens is 1010 g/mol. The predicted molar refractivity (Wildman–Crippen MR) is 300 cm³/mol. The number of ether oxygens (including phenoxy) is 2. The van der Waals surface area contributed by atoms with E-state index < -0.39 is 29.4 Å². The number of anilines is 1. The third-order valence-corrected chi connectivity index (χ3v) is 14.8. The number of unbranched alkanes of at least 4 members (excludes halogenated alkanes) is 1. The molecule has 7 aromatic rings. The molecule has 5 aromatic heterocycles. The zero-order valence-corrected chi connectivity index (χ0v) is 46.6. The largest absolute Gasteiger partial charge is 0.495 e. The molecule has 418 valence electrons. The van der Waals surface area contributed by atoms with Gasteiger partial charge in [-0.3, -0.25) is 38.7 Å². The zero-order valence-electron chi connectivity index (χ0n) is 46.6. The number of imidazole rings is 1. The topological polar surface area (TPSA) is 279 Å². The van der Waals surface area contributed by atoms with Crippen LogP contribution < -0.4 is 26.3 Å². The molecule has 3 atom stereocenters. The number of methoxy groups -OCH3 is 1. The highest BCUT2D eigenvalue weighted by Gasteiger charge is 2.47. The van der Waals surface area contributed by atoms with Crippen LogP contribution in [0.1, 0.15) is 116 Å². The summed E-state index contributed by atoms with van der Waals surface area (Å²) in [7, 11) is 3.20. The van der Waals surface area contributed by atoms with Gasteiger partial charge in [0.05, 0.1) is 42.1 Å². The van der Waals surface area contributed by atoms with E-state index in [1.165, 1.54) is 24.1 Å². The van der Waals surface area contributed by atoms with Crippen LogP contribution in [0.5, 0.6) is 11.5 Å². The minimum atomic E-state index is -0.968. The fraction of sp³-hybridized carbons (Fsp3) is 0.439. The molecule has 3 unspecified atom stereocenters. The van der Waals surface area contributed by atoms with E-state index in [4.69, 9.17) is 35.9 Å². The number of primary amides is 2. The van der Waals surface area contributed by atoms with Crippen molar-refractivity contribution in [3.05, 3.63) is 95.1 Å². The first-order valence-electron chi connectivity index (χ1n) is 26.9. The molecule has 6 heterocycles. The number of carbonyl (C=O) groups is 5. The lowest BCUT2D eigenvalue weighted by Crippen LogP contribution is -2.39. The Morgan fingerprint density at radius 1 is 0.886 bits per heavy atom. The van der Waals surface area contributed by atoms with Gasteiger partial charge >= 0.3 is 0 Å². The van der Waals surface area contributed by atoms with Gasteiger partial charge in [0.25, 0.3) is 5.91 Å². The normalized spacial score (nSPS) is 15.6. The minimum Gasteiger partial charge on any atom is -0.495 e. The number of hydrogen-bond donors (Lipinski definition) is 4. The Balaban J connectivity index is 1.07. The number of benzene rings is 2. The van der Waals surface area contributed by atoms with Crippen LogP contribution in [0, 0.1) is 25.2 Å². The second kappa shape index (κ2) is 24.1. The Morgan fingerprint density at radius 2 is 1.57 bits per heavy atom. The molecule has 1 fully saturated rings. The molecule has 2 aromatic carbocycles. The van der Waals surface area contributed by atoms with E-state index in [-0.39, 0.29) is 73.2 Å². The number of aliphatic hydroxyl groups excluding tert-OH is 1. The number of nitrogens with one attached hydrogen (secondary N) is 1. The molecule has 6 N–H and O–H groups in total. The molecule has 22 heteroatoms. The summed E-state index contributed by atoms with van der Waals surface area (Å²) in [4.78, 5) is 84.2. The average Bonchev–Trinajstić information content (AvgIpc) is 4.30. The molecule has 1 saturated heterocycles. The van der Waals surface area contributed by atoms with Crippen LogP contribution in [-0.2, 0) is 35.8 Å². The molecular formula is C57H72N14O8. The number of amides is 5. The number of likely N-dealkylation sites (tertiary alicyclic amines) is 1. The molecule has 8 rings (SSSR count). The molecule has 0 saturated carbocycles. The monoisotopic (exact) mass is 1080 g/mol. The van der Waals surface area contributed by atoms with Gasteiger partial charge < -0.3 is 45.0 Å². The second-order valence-corrected chi connectivity index (χ2v) is 20.3. The number of aromatic nitrogens is 9. The molecule has 5 amide bonds. The number of carbonyl (C=O) groups excluding carboxylic acids is 5. The van der Waals surface area contributed by atoms with Crippen molar-refractivity contribution in [2.75, 3.05) is 39.2 Å². The van der Waals surface area contributed by atoms with Crippen LogP contribution in [0.15, 0.2) is 66.9 Å². The highest BCUT2D eigenvalue weighted by atomic mass is 16.5. The van der Waals surface area contributed by atoms with Crippen molar-refractivity contribution in [2.24, 2.45) is 22.8 Å². The van der Waals surface area contributed by atoms with Crippen molar-refractivity contribution in [1.29, 1.82) is 0 Å². The second-order valence-electron chi connectivity index (χ2n) is 20.3. The van der Waals surface area contributed by atoms with Gasteiger partial charge in [-0.05, 0) is 89.3 Å². The number of fused-ring (bicyclic) bond motifs is 4. The first kappa shape index (κ1) is 56.8. The average molecular weight is 1080 g/mol. The van der Waals surface area contributed by atoms with Gasteiger partial charge in [0.1, 0.15) is 40.3 Å². The summed E-state index contributed by atoms with van der Waals surface area (Å²) in [5.41, 5.74) is 16.2. The summed E-state index contributed by atoms with van der Waals surface area (Å²) in [6.45, 7) is 15.6. The van der Waals surface area contributed by atoms with Crippen LogP contribution in [0.4, 0.5) is 5.95 Å². The highest BCUT2D eigenvalue weighted by molar-refractivity contribution is 6.12. The van der Waals surface area contributed by atoms with Gasteiger partial charge in [-0.2, -0.15) is 10.2 Å². The van der Waals surface area contributed by atoms with Gasteiger partial charge in [0, 0.05) is 87.3 Å². The van der Waals surface area contributed by atoms with Crippen LogP contribution in [-0.4, -0.2) is 128 Å². The van der Waals surface area contributed by atoms with Gasteiger partial charge in [-0.25, -0.2) is 15.0 Å². The third kappa shape index (κ3) is 11.7. The van der Waals surface area contributed by atoms with E-state index in [9.17, 15) is 29.1 Å². The van der Waals surface area contributed by atoms with Crippen molar-refractivity contribution in [1.82, 2.24) is 53.4 Å². The van der Waals surface area contributed by atoms with E-state index in [1.807, 2.05) is 61.2 Å². The summed E-state index contributed by atoms with van der Waals surface area (Å²) in [6.07, 6.45) is 12.1. The first-order chi connectivity index (χ1) is 37.8. The molecule has 0 spiro atoms. The molecule has 22 nitrogen and oxygen atoms in total. The number of nitrogens with zero attached hydrogens (tertiary/aromatic N) is 11. The summed E-state index contributed by atoms with van der Waals surface area (Å²) < 4.78 is 19.5. The minimum absolute atomic E-state index is 0.0314. The number of aliphatic hydroxyl groups is 1. The number of rotatable bonds is 25. The Morgan fingerprint density at radius 3 is 2.25 bits per heavy atom. The number of allylic oxidation sites excluding steroid dienone is 4. The highest BCUT2D eigenvalue weighted by Crippen LogP contribution is 2.43. The van der Waals surface area contributed by atoms with E-state index in [0.29, 0.717) is 88.4 Å². The fourth-order valence-corrected chi connectivity index (χ4v) is 10.7. The number of hydrogen-bond acceptors (Lipinski definition) is 13. The van der Waals surface area contributed by atoms with Gasteiger partial charge in [-0.1, -0.05) is 51.0 Å². The Labute approximate surface area is 458 Å². The smallest absolute Gasteiger partial charge is 0.276 e. The summed E-state index contributed by atoms with van der Waals surface area (Å²) in [5.74, 6) is -1.24. The number of aryl methyl sites for hydroxylation is 4. The maximum absolute atomic E-state index is 14.0. The predicted octanol–water partition coefficient (Wildman–Crippen LogP) is 6.92. The van der Waals surface area contributed by atoms with Gasteiger partial charge in [-0.15, -0.1) is 0 Å². The summed E-state index contributed by atoms with van der Waals surface area (Å²) in [5, 5.41) is 24.4. The van der Waals surface area contributed by atoms with Crippen molar-refractivity contribution in [3.8, 4) is 23.0 Å². The third-order valence-electron chi connectivity index (χ3n) is 14.8. The summed E-state index contributed by atoms with van der Waals surface area (Å²) >= 11 is 0. The van der Waals surface area contributed by atoms with Crippen LogP contribution in [0.25, 0.3) is 44.5 Å². The molecule has 79 heavy (non-hydrogen) atoms. The Hall–Kier alpha value is -8.40. The maximum atomic E-state index is 14.0. The van der Waals surface area contributed by atoms with E-state index in [0.717, 1.165) is 30.7 Å². The first-order valence-corrected chi connectivity index (χ1v) is 26.9. The maximum Gasteiger partial charge on any atom is 0.276 e. The lowest BCUT2D eigenvalue weighted by Gasteiger charge is -2.31. The molecule has 0 aliphatic carbocycles. The molecule has 0 radical (unpaired) electrons. The molecule has 1 aliphatic rings. The van der Waals surface area contributed by atoms with Crippen molar-refractivity contribution in [3.63, 3.8) is 0 Å². The van der Waals surface area contributed by atoms with Crippen molar-refractivity contribution >= 4 is 68.5 Å². The van der Waals surface area contributed by atoms with Crippen molar-refractivity contribution in [2.45, 2.75) is 119 Å². The van der Waals surface area contributed by atoms with Crippen LogP contribution in [0.2, 0.25) is 0 Å². The standard InChI is InChI=1S/C57H72N14O8/c1-10-14-20-57(7,19-11-2)40-32-47(73)67(55(40)77)24-18-46(72)66(8)21-17-25-79-45-31-37(51(59)75)29-41-49(45)69(56(61-41)63-54(76)43-27-35(6)65-71(43)13-4)23-16-15-22-68-48-38(28-36(50(58)74)30-44(48)78-9)39-33-60-52(62-53(39)68)42-26-34(5)64-70(42)12-3/h11,15-16,19,26-31,33,40,47,73H,10,12-14,17-18,20-25,32H2,1-9H3,(H2,58,74)(H2,59,75)(H,61,63,76)/b16-15+,19-11?. The van der Waals surface area contributed by atoms with Gasteiger partial charge in [0.2, 0.25) is 29.6 Å². The van der Waals surface area contributed by atoms with Gasteiger partial charge in [0.15, 0.2) is 5.82 Å². The SMILES string of the molecule is CC=CC(C)(CCCC)C1CC(O)N(CCC(=O)N(C)CCCOc2cc(C(N)=O)cc3nc(NC(=O)c4cc(C)nn4CC)n(C/C=C/Cn4c5nc(-c6cc(C)nn6CC)ncc5c5cc(C(N)=O)cc(OC)c54)c23)C1=O. The lowest BCUT2D eigenvalue weighted by molar-refractivity contribution is -0.139.